The van der Waals surface area contributed by atoms with E-state index in [-0.39, 0.29) is 11.4 Å². The van der Waals surface area contributed by atoms with Gasteiger partial charge in [0.1, 0.15) is 11.8 Å². The number of nitrogens with zero attached hydrogens (tertiary/aromatic N) is 1. The van der Waals surface area contributed by atoms with Crippen molar-refractivity contribution < 1.29 is 28.2 Å². The third-order valence-electron chi connectivity index (χ3n) is 2.11. The van der Waals surface area contributed by atoms with E-state index >= 15 is 0 Å². The quantitative estimate of drug-likeness (QED) is 0.457. The number of nitro groups is 1. The Labute approximate surface area is 124 Å². The van der Waals surface area contributed by atoms with Gasteiger partial charge in [0.15, 0.2) is 0 Å². The molecular formula is C10H12ClN2O7P. The summed E-state index contributed by atoms with van der Waals surface area (Å²) < 4.78 is 21.2. The highest BCUT2D eigenvalue weighted by atomic mass is 35.7. The van der Waals surface area contributed by atoms with Gasteiger partial charge in [-0.1, -0.05) is 0 Å². The van der Waals surface area contributed by atoms with Crippen molar-refractivity contribution in [2.75, 3.05) is 7.11 Å². The summed E-state index contributed by atoms with van der Waals surface area (Å²) in [5, 5.41) is 10.5. The first kappa shape index (κ1) is 17.4. The summed E-state index contributed by atoms with van der Waals surface area (Å²) in [6.07, 6.45) is 0. The average Bonchev–Trinajstić information content (AvgIpc) is 2.38. The number of rotatable bonds is 7. The van der Waals surface area contributed by atoms with Crippen LogP contribution in [0.25, 0.3) is 0 Å². The fourth-order valence-corrected chi connectivity index (χ4v) is 2.41. The van der Waals surface area contributed by atoms with Crippen LogP contribution in [0.5, 0.6) is 5.75 Å². The van der Waals surface area contributed by atoms with Crippen LogP contribution < -0.4 is 10.0 Å². The van der Waals surface area contributed by atoms with Crippen molar-refractivity contribution in [2.45, 2.75) is 13.0 Å². The predicted molar refractivity (Wildman–Crippen MR) is 72.9 cm³/mol. The summed E-state index contributed by atoms with van der Waals surface area (Å²) in [5.74, 6) is -0.990. The van der Waals surface area contributed by atoms with Gasteiger partial charge in [-0.2, -0.15) is 5.48 Å². The van der Waals surface area contributed by atoms with Gasteiger partial charge in [-0.3, -0.25) is 10.1 Å². The van der Waals surface area contributed by atoms with E-state index < -0.39 is 23.9 Å². The van der Waals surface area contributed by atoms with Crippen molar-refractivity contribution in [3.8, 4) is 5.75 Å². The topological polar surface area (TPSA) is 117 Å². The molecule has 0 aliphatic heterocycles. The zero-order valence-electron chi connectivity index (χ0n) is 11.0. The van der Waals surface area contributed by atoms with E-state index in [0.29, 0.717) is 0 Å². The molecule has 9 nitrogen and oxygen atoms in total. The van der Waals surface area contributed by atoms with Crippen molar-refractivity contribution in [1.29, 1.82) is 0 Å². The SMILES string of the molecule is CON[C@@H](C)C(=O)OP(=O)(Cl)Oc1ccc([N+](=O)[O-])cc1. The molecule has 0 saturated heterocycles. The summed E-state index contributed by atoms with van der Waals surface area (Å²) >= 11 is 5.50. The number of nitro benzene ring substituents is 1. The minimum Gasteiger partial charge on any atom is -0.405 e. The van der Waals surface area contributed by atoms with E-state index in [1.165, 1.54) is 26.2 Å². The second-order valence-electron chi connectivity index (χ2n) is 3.73. The molecule has 21 heavy (non-hydrogen) atoms. The monoisotopic (exact) mass is 338 g/mol. The van der Waals surface area contributed by atoms with Crippen LogP contribution in [0, 0.1) is 10.1 Å². The van der Waals surface area contributed by atoms with Crippen molar-refractivity contribution in [2.24, 2.45) is 0 Å². The molecule has 0 spiro atoms. The highest BCUT2D eigenvalue weighted by Gasteiger charge is 2.30. The number of hydrogen-bond donors (Lipinski definition) is 1. The third kappa shape index (κ3) is 5.68. The number of hydrogen-bond acceptors (Lipinski definition) is 8. The average molecular weight is 339 g/mol. The summed E-state index contributed by atoms with van der Waals surface area (Å²) in [6.45, 7) is -2.83. The molecule has 0 fully saturated rings. The summed E-state index contributed by atoms with van der Waals surface area (Å²) in [4.78, 5) is 25.9. The van der Waals surface area contributed by atoms with Gasteiger partial charge in [0.2, 0.25) is 0 Å². The van der Waals surface area contributed by atoms with Gasteiger partial charge in [0.05, 0.1) is 12.0 Å². The Hall–Kier alpha value is -1.67. The zero-order chi connectivity index (χ0) is 16.0. The third-order valence-corrected chi connectivity index (χ3v) is 3.35. The van der Waals surface area contributed by atoms with E-state index in [1.54, 1.807) is 0 Å². The molecule has 0 heterocycles. The number of hydroxylamine groups is 1. The molecule has 116 valence electrons. The number of carbonyl (C=O) groups is 1. The Bertz CT molecular complexity index is 565. The molecule has 0 saturated carbocycles. The van der Waals surface area contributed by atoms with Crippen LogP contribution in [0.3, 0.4) is 0 Å². The van der Waals surface area contributed by atoms with Gasteiger partial charge in [-0.05, 0) is 19.1 Å². The van der Waals surface area contributed by atoms with Crippen LogP contribution >= 0.6 is 18.2 Å². The minimum absolute atomic E-state index is 0.0425. The molecule has 1 aromatic carbocycles. The lowest BCUT2D eigenvalue weighted by atomic mass is 10.3. The summed E-state index contributed by atoms with van der Waals surface area (Å²) in [7, 11) is 1.29. The second-order valence-corrected chi connectivity index (χ2v) is 6.20. The van der Waals surface area contributed by atoms with E-state index in [9.17, 15) is 19.5 Å². The Morgan fingerprint density at radius 3 is 2.48 bits per heavy atom. The molecule has 1 N–H and O–H groups in total. The fourth-order valence-electron chi connectivity index (χ4n) is 1.18. The molecule has 0 aromatic heterocycles. The van der Waals surface area contributed by atoms with Crippen LogP contribution in [0.1, 0.15) is 6.92 Å². The minimum atomic E-state index is -4.23. The largest absolute Gasteiger partial charge is 0.532 e. The molecular weight excluding hydrogens is 327 g/mol. The van der Waals surface area contributed by atoms with Crippen molar-refractivity contribution in [1.82, 2.24) is 5.48 Å². The number of carbonyl (C=O) groups excluding carboxylic acids is 1. The molecule has 0 aliphatic rings. The first-order valence-electron chi connectivity index (χ1n) is 5.51. The maximum Gasteiger partial charge on any atom is 0.532 e. The van der Waals surface area contributed by atoms with Crippen LogP contribution in [0.15, 0.2) is 24.3 Å². The van der Waals surface area contributed by atoms with E-state index in [4.69, 9.17) is 15.8 Å². The lowest BCUT2D eigenvalue weighted by Gasteiger charge is -2.15. The smallest absolute Gasteiger partial charge is 0.405 e. The molecule has 1 unspecified atom stereocenters. The van der Waals surface area contributed by atoms with E-state index in [2.05, 4.69) is 14.8 Å². The highest BCUT2D eigenvalue weighted by Crippen LogP contribution is 2.53. The highest BCUT2D eigenvalue weighted by molar-refractivity contribution is 7.82. The number of benzene rings is 1. The fraction of sp³-hybridized carbons (Fsp3) is 0.300. The predicted octanol–water partition coefficient (Wildman–Crippen LogP) is 2.40. The lowest BCUT2D eigenvalue weighted by molar-refractivity contribution is -0.384. The van der Waals surface area contributed by atoms with Crippen molar-refractivity contribution in [3.05, 3.63) is 34.4 Å². The Morgan fingerprint density at radius 2 is 2.00 bits per heavy atom. The molecule has 0 aliphatic carbocycles. The van der Waals surface area contributed by atoms with Gasteiger partial charge in [0, 0.05) is 23.4 Å². The molecule has 0 bridgehead atoms. The van der Waals surface area contributed by atoms with Gasteiger partial charge in [-0.25, -0.2) is 9.36 Å². The maximum absolute atomic E-state index is 11.8. The first-order valence-corrected chi connectivity index (χ1v) is 7.95. The second kappa shape index (κ2) is 7.37. The Kier molecular flexibility index (Phi) is 6.10. The van der Waals surface area contributed by atoms with Crippen LogP contribution in [-0.4, -0.2) is 24.0 Å². The van der Waals surface area contributed by atoms with Gasteiger partial charge < -0.3 is 13.9 Å². The molecule has 0 radical (unpaired) electrons. The zero-order valence-corrected chi connectivity index (χ0v) is 12.7. The standard InChI is InChI=1S/C10H12ClN2O7P/c1-7(12-18-2)10(14)20-21(11,17)19-9-5-3-8(4-6-9)13(15)16/h3-7,12H,1-2H3/t7-,21?/m0/s1. The van der Waals surface area contributed by atoms with Crippen LogP contribution in [0.2, 0.25) is 0 Å². The number of nitrogens with one attached hydrogen (secondary N) is 1. The first-order chi connectivity index (χ1) is 9.75. The molecule has 2 atom stereocenters. The van der Waals surface area contributed by atoms with E-state index in [0.717, 1.165) is 12.1 Å². The number of non-ortho nitro benzene ring substituents is 1. The molecule has 1 aromatic rings. The summed E-state index contributed by atoms with van der Waals surface area (Å²) in [6, 6.07) is 3.70. The van der Waals surface area contributed by atoms with Gasteiger partial charge in [-0.15, -0.1) is 0 Å². The molecule has 1 rings (SSSR count). The van der Waals surface area contributed by atoms with Crippen molar-refractivity contribution in [3.63, 3.8) is 0 Å². The van der Waals surface area contributed by atoms with Crippen LogP contribution in [-0.2, 0) is 18.7 Å². The summed E-state index contributed by atoms with van der Waals surface area (Å²) in [5.41, 5.74) is 2.09. The van der Waals surface area contributed by atoms with E-state index in [1.807, 2.05) is 0 Å². The lowest BCUT2D eigenvalue weighted by Crippen LogP contribution is -2.33. The molecule has 11 heteroatoms. The number of halogens is 1. The normalized spacial score (nSPS) is 14.8. The van der Waals surface area contributed by atoms with Crippen LogP contribution in [0.4, 0.5) is 5.69 Å². The van der Waals surface area contributed by atoms with Gasteiger partial charge in [0.25, 0.3) is 5.69 Å². The molecule has 0 amide bonds. The van der Waals surface area contributed by atoms with Crippen molar-refractivity contribution >= 4 is 29.8 Å². The Balaban J connectivity index is 2.69. The maximum atomic E-state index is 11.8. The Morgan fingerprint density at radius 1 is 1.43 bits per heavy atom. The van der Waals surface area contributed by atoms with Gasteiger partial charge >= 0.3 is 12.9 Å².